The van der Waals surface area contributed by atoms with E-state index in [1.807, 2.05) is 27.6 Å². The fraction of sp³-hybridized carbons (Fsp3) is 0.412. The largest absolute Gasteiger partial charge is 0.376 e. The Morgan fingerprint density at radius 3 is 2.88 bits per heavy atom. The molecule has 3 aromatic rings. The molecular formula is C17H19ClN4OS2. The number of rotatable bonds is 5. The Hall–Kier alpha value is -1.28. The summed E-state index contributed by atoms with van der Waals surface area (Å²) in [5.41, 5.74) is 3.83. The third-order valence-electron chi connectivity index (χ3n) is 4.48. The predicted octanol–water partition coefficient (Wildman–Crippen LogP) is 4.38. The summed E-state index contributed by atoms with van der Waals surface area (Å²) in [6.07, 6.45) is 5.56. The molecule has 132 valence electrons. The molecule has 4 heterocycles. The Morgan fingerprint density at radius 1 is 1.24 bits per heavy atom. The van der Waals surface area contributed by atoms with Gasteiger partial charge in [-0.1, -0.05) is 23.4 Å². The quantitative estimate of drug-likeness (QED) is 0.651. The molecule has 1 N–H and O–H groups in total. The minimum absolute atomic E-state index is 0.0788. The number of piperidine rings is 1. The van der Waals surface area contributed by atoms with E-state index in [2.05, 4.69) is 14.9 Å². The van der Waals surface area contributed by atoms with Crippen LogP contribution < -0.4 is 4.90 Å². The molecule has 5 nitrogen and oxygen atoms in total. The summed E-state index contributed by atoms with van der Waals surface area (Å²) in [6, 6.07) is 2.01. The first kappa shape index (κ1) is 17.1. The van der Waals surface area contributed by atoms with Crippen LogP contribution in [0.25, 0.3) is 11.0 Å². The SMILES string of the molecule is OCn1c(SCc2nccc(N3CCCCC3)c2Cl)nc2cscc21. The summed E-state index contributed by atoms with van der Waals surface area (Å²) in [5.74, 6) is 0.629. The van der Waals surface area contributed by atoms with Gasteiger partial charge in [0.25, 0.3) is 0 Å². The zero-order valence-electron chi connectivity index (χ0n) is 13.7. The Labute approximate surface area is 159 Å². The molecule has 1 aliphatic heterocycles. The Kier molecular flexibility index (Phi) is 5.17. The van der Waals surface area contributed by atoms with Gasteiger partial charge in [-0.15, -0.1) is 11.3 Å². The zero-order valence-corrected chi connectivity index (χ0v) is 16.1. The fourth-order valence-corrected chi connectivity index (χ4v) is 5.25. The lowest BCUT2D eigenvalue weighted by Gasteiger charge is -2.29. The minimum atomic E-state index is -0.0788. The highest BCUT2D eigenvalue weighted by Crippen LogP contribution is 2.34. The number of halogens is 1. The molecule has 8 heteroatoms. The van der Waals surface area contributed by atoms with Crippen molar-refractivity contribution in [3.05, 3.63) is 33.7 Å². The molecule has 0 bridgehead atoms. The van der Waals surface area contributed by atoms with E-state index in [0.717, 1.165) is 45.7 Å². The van der Waals surface area contributed by atoms with Crippen LogP contribution in [-0.4, -0.2) is 32.7 Å². The van der Waals surface area contributed by atoms with Crippen molar-refractivity contribution in [2.24, 2.45) is 0 Å². The lowest BCUT2D eigenvalue weighted by Crippen LogP contribution is -2.29. The van der Waals surface area contributed by atoms with Gasteiger partial charge in [-0.25, -0.2) is 4.98 Å². The zero-order chi connectivity index (χ0) is 17.2. The number of hydrogen-bond acceptors (Lipinski definition) is 6. The molecule has 0 aromatic carbocycles. The highest BCUT2D eigenvalue weighted by Gasteiger charge is 2.18. The standard InChI is InChI=1S/C17H19ClN4OS2/c18-16-13(19-5-4-14(16)21-6-2-1-3-7-21)9-25-17-20-12-8-24-10-15(12)22(17)11-23/h4-5,8,10,23H,1-3,6-7,9,11H2. The van der Waals surface area contributed by atoms with Crippen LogP contribution in [0.3, 0.4) is 0 Å². The molecule has 25 heavy (non-hydrogen) atoms. The van der Waals surface area contributed by atoms with Crippen molar-refractivity contribution in [1.29, 1.82) is 0 Å². The van der Waals surface area contributed by atoms with E-state index in [-0.39, 0.29) is 6.73 Å². The van der Waals surface area contributed by atoms with Crippen molar-refractivity contribution >= 4 is 51.4 Å². The number of aliphatic hydroxyl groups excluding tert-OH is 1. The van der Waals surface area contributed by atoms with Crippen molar-refractivity contribution in [3.63, 3.8) is 0 Å². The van der Waals surface area contributed by atoms with Gasteiger partial charge in [-0.3, -0.25) is 9.55 Å². The van der Waals surface area contributed by atoms with Gasteiger partial charge in [0.1, 0.15) is 12.2 Å². The van der Waals surface area contributed by atoms with Crippen LogP contribution in [0.5, 0.6) is 0 Å². The van der Waals surface area contributed by atoms with Crippen molar-refractivity contribution in [1.82, 2.24) is 14.5 Å². The molecule has 0 unspecified atom stereocenters. The predicted molar refractivity (Wildman–Crippen MR) is 105 cm³/mol. The van der Waals surface area contributed by atoms with Gasteiger partial charge >= 0.3 is 0 Å². The highest BCUT2D eigenvalue weighted by molar-refractivity contribution is 7.98. The van der Waals surface area contributed by atoms with E-state index >= 15 is 0 Å². The molecule has 1 saturated heterocycles. The number of imidazole rings is 1. The number of pyridine rings is 1. The average molecular weight is 395 g/mol. The summed E-state index contributed by atoms with van der Waals surface area (Å²) >= 11 is 9.79. The maximum Gasteiger partial charge on any atom is 0.171 e. The number of aliphatic hydroxyl groups is 1. The number of thiophene rings is 1. The Balaban J connectivity index is 1.55. The second-order valence-corrected chi connectivity index (χ2v) is 8.10. The van der Waals surface area contributed by atoms with Gasteiger partial charge in [0, 0.05) is 35.8 Å². The first-order chi connectivity index (χ1) is 12.3. The summed E-state index contributed by atoms with van der Waals surface area (Å²) in [6.45, 7) is 2.03. The number of aromatic nitrogens is 3. The van der Waals surface area contributed by atoms with Gasteiger partial charge in [0.05, 0.1) is 21.9 Å². The fourth-order valence-electron chi connectivity index (χ4n) is 3.17. The Bertz CT molecular complexity index is 873. The maximum absolute atomic E-state index is 9.66. The molecule has 0 aliphatic carbocycles. The van der Waals surface area contributed by atoms with Crippen LogP contribution in [0.1, 0.15) is 25.0 Å². The number of anilines is 1. The van der Waals surface area contributed by atoms with Crippen molar-refractivity contribution in [2.45, 2.75) is 36.9 Å². The Morgan fingerprint density at radius 2 is 2.08 bits per heavy atom. The third-order valence-corrected chi connectivity index (χ3v) is 6.59. The lowest BCUT2D eigenvalue weighted by atomic mass is 10.1. The lowest BCUT2D eigenvalue weighted by molar-refractivity contribution is 0.205. The van der Waals surface area contributed by atoms with Gasteiger partial charge in [-0.05, 0) is 25.3 Å². The monoisotopic (exact) mass is 394 g/mol. The van der Waals surface area contributed by atoms with Crippen LogP contribution in [0, 0.1) is 0 Å². The normalized spacial score (nSPS) is 15.2. The van der Waals surface area contributed by atoms with E-state index in [1.54, 1.807) is 23.1 Å². The number of nitrogens with zero attached hydrogens (tertiary/aromatic N) is 4. The van der Waals surface area contributed by atoms with Gasteiger partial charge in [0.15, 0.2) is 5.16 Å². The molecule has 0 spiro atoms. The molecule has 0 radical (unpaired) electrons. The average Bonchev–Trinajstić information content (AvgIpc) is 3.22. The van der Waals surface area contributed by atoms with Crippen LogP contribution in [0.2, 0.25) is 5.02 Å². The molecule has 1 fully saturated rings. The molecule has 4 rings (SSSR count). The first-order valence-electron chi connectivity index (χ1n) is 8.32. The summed E-state index contributed by atoms with van der Waals surface area (Å²) in [5, 5.41) is 15.2. The maximum atomic E-state index is 9.66. The second-order valence-electron chi connectivity index (χ2n) is 6.03. The minimum Gasteiger partial charge on any atom is -0.376 e. The van der Waals surface area contributed by atoms with Gasteiger partial charge < -0.3 is 10.0 Å². The summed E-state index contributed by atoms with van der Waals surface area (Å²) in [7, 11) is 0. The third kappa shape index (κ3) is 3.38. The van der Waals surface area contributed by atoms with Crippen molar-refractivity contribution in [3.8, 4) is 0 Å². The molecule has 0 atom stereocenters. The van der Waals surface area contributed by atoms with E-state index in [9.17, 15) is 5.11 Å². The van der Waals surface area contributed by atoms with Gasteiger partial charge in [0.2, 0.25) is 0 Å². The van der Waals surface area contributed by atoms with Crippen LogP contribution >= 0.6 is 34.7 Å². The summed E-state index contributed by atoms with van der Waals surface area (Å²) in [4.78, 5) is 11.4. The van der Waals surface area contributed by atoms with Gasteiger partial charge in [-0.2, -0.15) is 0 Å². The smallest absolute Gasteiger partial charge is 0.171 e. The van der Waals surface area contributed by atoms with Crippen LogP contribution in [0.4, 0.5) is 5.69 Å². The molecular weight excluding hydrogens is 376 g/mol. The molecule has 0 saturated carbocycles. The van der Waals surface area contributed by atoms with Crippen molar-refractivity contribution in [2.75, 3.05) is 18.0 Å². The van der Waals surface area contributed by atoms with Crippen molar-refractivity contribution < 1.29 is 5.11 Å². The molecule has 0 amide bonds. The first-order valence-corrected chi connectivity index (χ1v) is 10.6. The topological polar surface area (TPSA) is 54.2 Å². The second kappa shape index (κ2) is 7.53. The molecule has 1 aliphatic rings. The van der Waals surface area contributed by atoms with E-state index in [0.29, 0.717) is 5.75 Å². The van der Waals surface area contributed by atoms with Crippen LogP contribution in [0.15, 0.2) is 28.2 Å². The number of thioether (sulfide) groups is 1. The summed E-state index contributed by atoms with van der Waals surface area (Å²) < 4.78 is 1.82. The van der Waals surface area contributed by atoms with E-state index in [4.69, 9.17) is 11.6 Å². The van der Waals surface area contributed by atoms with E-state index < -0.39 is 0 Å². The van der Waals surface area contributed by atoms with Crippen LogP contribution in [-0.2, 0) is 12.5 Å². The molecule has 3 aromatic heterocycles. The number of fused-ring (bicyclic) bond motifs is 1. The number of hydrogen-bond donors (Lipinski definition) is 1. The highest BCUT2D eigenvalue weighted by atomic mass is 35.5. The van der Waals surface area contributed by atoms with E-state index in [1.165, 1.54) is 19.3 Å².